The number of alkyl halides is 6. The molecule has 2 aliphatic heterocycles. The van der Waals surface area contributed by atoms with Crippen LogP contribution in [0.2, 0.25) is 0 Å². The number of benzene rings is 2. The van der Waals surface area contributed by atoms with Gasteiger partial charge in [-0.1, -0.05) is 17.4 Å². The number of rotatable bonds is 9. The molecule has 1 unspecified atom stereocenters. The lowest BCUT2D eigenvalue weighted by atomic mass is 10.1. The van der Waals surface area contributed by atoms with Gasteiger partial charge in [0.1, 0.15) is 28.1 Å². The fourth-order valence-corrected chi connectivity index (χ4v) is 5.87. The van der Waals surface area contributed by atoms with Crippen molar-refractivity contribution in [1.29, 1.82) is 0 Å². The summed E-state index contributed by atoms with van der Waals surface area (Å²) >= 11 is 1.40. The first-order chi connectivity index (χ1) is 21.1. The number of hydrogen-bond acceptors (Lipinski definition) is 7. The van der Waals surface area contributed by atoms with Crippen LogP contribution in [0.1, 0.15) is 33.8 Å². The quantitative estimate of drug-likeness (QED) is 0.312. The highest BCUT2D eigenvalue weighted by molar-refractivity contribution is 7.14. The van der Waals surface area contributed by atoms with E-state index in [9.17, 15) is 40.7 Å². The summed E-state index contributed by atoms with van der Waals surface area (Å²) in [6.07, 6.45) is -9.85. The maximum atomic E-state index is 13.3. The molecule has 2 aromatic carbocycles. The first-order valence-electron chi connectivity index (χ1n) is 13.8. The zero-order valence-corrected chi connectivity index (χ0v) is 24.6. The van der Waals surface area contributed by atoms with Gasteiger partial charge in [-0.2, -0.15) is 26.3 Å². The molecule has 2 saturated heterocycles. The summed E-state index contributed by atoms with van der Waals surface area (Å²) < 4.78 is 84.1. The number of aryl methyl sites for hydroxylation is 1. The Morgan fingerprint density at radius 3 is 2.31 bits per heavy atom. The van der Waals surface area contributed by atoms with Gasteiger partial charge in [0.15, 0.2) is 0 Å². The van der Waals surface area contributed by atoms with E-state index in [4.69, 9.17) is 4.74 Å². The van der Waals surface area contributed by atoms with E-state index in [-0.39, 0.29) is 37.4 Å². The van der Waals surface area contributed by atoms with Crippen molar-refractivity contribution in [2.75, 3.05) is 26.2 Å². The van der Waals surface area contributed by atoms with Crippen molar-refractivity contribution in [3.8, 4) is 22.1 Å². The summed E-state index contributed by atoms with van der Waals surface area (Å²) in [6.45, 7) is -0.439. The molecule has 0 aliphatic carbocycles. The van der Waals surface area contributed by atoms with Gasteiger partial charge in [0.2, 0.25) is 11.8 Å². The largest absolute Gasteiger partial charge is 0.457 e. The van der Waals surface area contributed by atoms with Crippen molar-refractivity contribution >= 4 is 29.1 Å². The zero-order chi connectivity index (χ0) is 32.5. The Bertz CT molecular complexity index is 1580. The molecule has 240 valence electrons. The van der Waals surface area contributed by atoms with Crippen LogP contribution in [0.3, 0.4) is 0 Å². The fourth-order valence-electron chi connectivity index (χ4n) is 5.18. The molecule has 5 rings (SSSR count). The van der Waals surface area contributed by atoms with E-state index in [2.05, 4.69) is 15.5 Å². The van der Waals surface area contributed by atoms with E-state index in [1.54, 1.807) is 24.3 Å². The minimum Gasteiger partial charge on any atom is -0.457 e. The van der Waals surface area contributed by atoms with Crippen LogP contribution in [0.5, 0.6) is 11.5 Å². The highest BCUT2D eigenvalue weighted by Gasteiger charge is 2.47. The Morgan fingerprint density at radius 2 is 1.69 bits per heavy atom. The maximum Gasteiger partial charge on any atom is 0.406 e. The number of amides is 3. The Morgan fingerprint density at radius 1 is 0.978 bits per heavy atom. The standard InChI is InChI=1S/C29H27F6N5O4S/c1-16-37-38-27(45-16)18-4-6-22(7-5-18)44-23-9-19(2-3-20(23)13-39-14-21(10-25(39)42)29(33,34)35)26(43)36-11-17-8-24(41)40(12-17)15-28(30,31)32/h2-7,9,17,21H,8,10-15H2,1H3,(H,36,43)/t17-,21?/m1/s1. The van der Waals surface area contributed by atoms with E-state index in [0.29, 0.717) is 21.2 Å². The van der Waals surface area contributed by atoms with Crippen molar-refractivity contribution < 1.29 is 45.5 Å². The normalized spacial score (nSPS) is 19.0. The molecule has 3 aromatic rings. The number of aromatic nitrogens is 2. The highest BCUT2D eigenvalue weighted by Crippen LogP contribution is 2.36. The van der Waals surface area contributed by atoms with E-state index < -0.39 is 61.4 Å². The smallest absolute Gasteiger partial charge is 0.406 e. The summed E-state index contributed by atoms with van der Waals surface area (Å²) in [6, 6.07) is 11.0. The molecule has 2 fully saturated rings. The van der Waals surface area contributed by atoms with Gasteiger partial charge in [0.25, 0.3) is 5.91 Å². The molecular weight excluding hydrogens is 628 g/mol. The number of halogens is 6. The molecule has 2 atom stereocenters. The van der Waals surface area contributed by atoms with Gasteiger partial charge >= 0.3 is 12.4 Å². The van der Waals surface area contributed by atoms with Crippen molar-refractivity contribution in [2.24, 2.45) is 11.8 Å². The zero-order valence-electron chi connectivity index (χ0n) is 23.7. The van der Waals surface area contributed by atoms with Crippen molar-refractivity contribution in [3.05, 3.63) is 58.6 Å². The van der Waals surface area contributed by atoms with Gasteiger partial charge in [-0.3, -0.25) is 14.4 Å². The number of carbonyl (C=O) groups is 3. The van der Waals surface area contributed by atoms with Crippen molar-refractivity contribution in [2.45, 2.75) is 38.7 Å². The minimum atomic E-state index is -4.53. The first kappa shape index (κ1) is 32.2. The lowest BCUT2D eigenvalue weighted by molar-refractivity contribution is -0.171. The van der Waals surface area contributed by atoms with Crippen LogP contribution in [0, 0.1) is 18.8 Å². The lowest BCUT2D eigenvalue weighted by Gasteiger charge is -2.20. The van der Waals surface area contributed by atoms with Gasteiger partial charge < -0.3 is 19.9 Å². The van der Waals surface area contributed by atoms with Gasteiger partial charge in [0.05, 0.1) is 5.92 Å². The molecular formula is C29H27F6N5O4S. The van der Waals surface area contributed by atoms with Crippen LogP contribution in [0.15, 0.2) is 42.5 Å². The average Bonchev–Trinajstić information content (AvgIpc) is 3.66. The van der Waals surface area contributed by atoms with Crippen LogP contribution >= 0.6 is 11.3 Å². The summed E-state index contributed by atoms with van der Waals surface area (Å²) in [7, 11) is 0. The Hall–Kier alpha value is -4.21. The Balaban J connectivity index is 1.32. The molecule has 45 heavy (non-hydrogen) atoms. The number of nitrogens with zero attached hydrogens (tertiary/aromatic N) is 4. The highest BCUT2D eigenvalue weighted by atomic mass is 32.1. The predicted molar refractivity (Wildman–Crippen MR) is 149 cm³/mol. The van der Waals surface area contributed by atoms with Crippen LogP contribution in [-0.2, 0) is 16.1 Å². The summed E-state index contributed by atoms with van der Waals surface area (Å²) in [5.74, 6) is -3.74. The second-order valence-corrected chi connectivity index (χ2v) is 12.1. The van der Waals surface area contributed by atoms with Gasteiger partial charge in [-0.25, -0.2) is 0 Å². The minimum absolute atomic E-state index is 0.0511. The van der Waals surface area contributed by atoms with Crippen LogP contribution < -0.4 is 10.1 Å². The number of hydrogen-bond donors (Lipinski definition) is 1. The topological polar surface area (TPSA) is 105 Å². The Labute approximate surface area is 257 Å². The third kappa shape index (κ3) is 8.09. The van der Waals surface area contributed by atoms with Crippen molar-refractivity contribution in [3.63, 3.8) is 0 Å². The average molecular weight is 656 g/mol. The maximum absolute atomic E-state index is 13.3. The molecule has 16 heteroatoms. The molecule has 3 amide bonds. The molecule has 0 radical (unpaired) electrons. The van der Waals surface area contributed by atoms with E-state index >= 15 is 0 Å². The van der Waals surface area contributed by atoms with Crippen LogP contribution in [-0.4, -0.2) is 76.3 Å². The number of ether oxygens (including phenoxy) is 1. The van der Waals surface area contributed by atoms with Gasteiger partial charge in [-0.05, 0) is 43.3 Å². The van der Waals surface area contributed by atoms with Crippen molar-refractivity contribution in [1.82, 2.24) is 25.3 Å². The van der Waals surface area contributed by atoms with Crippen LogP contribution in [0.25, 0.3) is 10.6 Å². The first-order valence-corrected chi connectivity index (χ1v) is 14.6. The SMILES string of the molecule is Cc1nnc(-c2ccc(Oc3cc(C(=O)NC[C@H]4CC(=O)N(CC(F)(F)F)C4)ccc3CN3CC(C(F)(F)F)CC3=O)cc2)s1. The number of nitrogens with one attached hydrogen (secondary N) is 1. The second kappa shape index (κ2) is 12.7. The Kier molecular flexibility index (Phi) is 9.05. The molecule has 0 saturated carbocycles. The van der Waals surface area contributed by atoms with Gasteiger partial charge in [-0.15, -0.1) is 10.2 Å². The number of carbonyl (C=O) groups excluding carboxylic acids is 3. The van der Waals surface area contributed by atoms with Gasteiger partial charge in [0, 0.05) is 61.6 Å². The van der Waals surface area contributed by atoms with Crippen LogP contribution in [0.4, 0.5) is 26.3 Å². The molecule has 1 N–H and O–H groups in total. The predicted octanol–water partition coefficient (Wildman–Crippen LogP) is 5.36. The monoisotopic (exact) mass is 655 g/mol. The lowest BCUT2D eigenvalue weighted by Crippen LogP contribution is -2.36. The summed E-state index contributed by atoms with van der Waals surface area (Å²) in [5, 5.41) is 12.2. The molecule has 3 heterocycles. The molecule has 9 nitrogen and oxygen atoms in total. The van der Waals surface area contributed by atoms with E-state index in [1.165, 1.54) is 29.5 Å². The third-order valence-corrected chi connectivity index (χ3v) is 8.33. The third-order valence-electron chi connectivity index (χ3n) is 7.44. The summed E-state index contributed by atoms with van der Waals surface area (Å²) in [5.41, 5.74) is 1.24. The molecule has 0 bridgehead atoms. The summed E-state index contributed by atoms with van der Waals surface area (Å²) in [4.78, 5) is 39.2. The van der Waals surface area contributed by atoms with E-state index in [1.807, 2.05) is 6.92 Å². The van der Waals surface area contributed by atoms with E-state index in [0.717, 1.165) is 15.5 Å². The fraction of sp³-hybridized carbons (Fsp3) is 0.414. The molecule has 2 aliphatic rings. The second-order valence-electron chi connectivity index (χ2n) is 11.0. The molecule has 0 spiro atoms. The molecule has 1 aromatic heterocycles. The number of likely N-dealkylation sites (tertiary alicyclic amines) is 2.